The highest BCUT2D eigenvalue weighted by molar-refractivity contribution is 7.10. The Morgan fingerprint density at radius 3 is 2.48 bits per heavy atom. The number of halogens is 1. The lowest BCUT2D eigenvalue weighted by Gasteiger charge is -2.21. The molecule has 31 heavy (non-hydrogen) atoms. The van der Waals surface area contributed by atoms with Crippen LogP contribution in [0.1, 0.15) is 24.2 Å². The lowest BCUT2D eigenvalue weighted by atomic mass is 10.0. The third-order valence-electron chi connectivity index (χ3n) is 4.33. The van der Waals surface area contributed by atoms with Crippen molar-refractivity contribution >= 4 is 45.8 Å². The largest absolute Gasteiger partial charge is 0.340 e. The van der Waals surface area contributed by atoms with Gasteiger partial charge in [-0.25, -0.2) is 0 Å². The molecular formula is C20H18ClN5O4S. The van der Waals surface area contributed by atoms with Crippen molar-refractivity contribution in [1.29, 1.82) is 0 Å². The second-order valence-corrected chi connectivity index (χ2v) is 8.05. The van der Waals surface area contributed by atoms with Crippen molar-refractivity contribution in [3.05, 3.63) is 69.2 Å². The molecule has 11 heteroatoms. The van der Waals surface area contributed by atoms with Gasteiger partial charge in [-0.05, 0) is 12.0 Å². The predicted molar refractivity (Wildman–Crippen MR) is 118 cm³/mol. The fraction of sp³-hybridized carbons (Fsp3) is 0.200. The molecule has 1 atom stereocenters. The number of carbonyl (C=O) groups excluding carboxylic acids is 2. The number of amides is 2. The molecule has 2 N–H and O–H groups in total. The third kappa shape index (κ3) is 5.41. The average molecular weight is 460 g/mol. The van der Waals surface area contributed by atoms with Gasteiger partial charge in [-0.1, -0.05) is 55.8 Å². The van der Waals surface area contributed by atoms with Crippen molar-refractivity contribution in [3.8, 4) is 11.4 Å². The molecule has 0 aliphatic rings. The normalized spacial score (nSPS) is 11.7. The number of carbonyl (C=O) groups is 2. The van der Waals surface area contributed by atoms with Crippen LogP contribution < -0.4 is 10.6 Å². The number of nitrogens with zero attached hydrogens (tertiary/aromatic N) is 3. The summed E-state index contributed by atoms with van der Waals surface area (Å²) in [5.41, 5.74) is 0.624. The van der Waals surface area contributed by atoms with Crippen molar-refractivity contribution < 1.29 is 14.5 Å². The summed E-state index contributed by atoms with van der Waals surface area (Å²) in [6.45, 7) is 3.55. The van der Waals surface area contributed by atoms with E-state index in [1.165, 1.54) is 12.1 Å². The monoisotopic (exact) mass is 459 g/mol. The van der Waals surface area contributed by atoms with Crippen LogP contribution in [-0.4, -0.2) is 32.1 Å². The summed E-state index contributed by atoms with van der Waals surface area (Å²) in [5.74, 6) is -0.834. The van der Waals surface area contributed by atoms with Gasteiger partial charge in [0.05, 0.1) is 15.5 Å². The van der Waals surface area contributed by atoms with Gasteiger partial charge < -0.3 is 5.32 Å². The van der Waals surface area contributed by atoms with E-state index in [0.717, 1.165) is 23.2 Å². The van der Waals surface area contributed by atoms with E-state index in [2.05, 4.69) is 20.0 Å². The van der Waals surface area contributed by atoms with Crippen molar-refractivity contribution in [2.45, 2.75) is 19.9 Å². The Hall–Kier alpha value is -3.37. The lowest BCUT2D eigenvalue weighted by molar-refractivity contribution is -0.384. The molecular weight excluding hydrogens is 442 g/mol. The zero-order valence-corrected chi connectivity index (χ0v) is 18.1. The number of hydrogen-bond donors (Lipinski definition) is 2. The van der Waals surface area contributed by atoms with Gasteiger partial charge in [-0.2, -0.15) is 9.36 Å². The molecule has 3 aromatic rings. The van der Waals surface area contributed by atoms with Gasteiger partial charge in [-0.3, -0.25) is 25.0 Å². The van der Waals surface area contributed by atoms with E-state index >= 15 is 0 Å². The molecule has 1 heterocycles. The van der Waals surface area contributed by atoms with E-state index in [1.807, 2.05) is 30.3 Å². The second kappa shape index (κ2) is 9.63. The minimum atomic E-state index is -0.886. The molecule has 1 aromatic heterocycles. The number of non-ortho nitro benzene ring substituents is 1. The fourth-order valence-corrected chi connectivity index (χ4v) is 3.57. The van der Waals surface area contributed by atoms with Crippen LogP contribution in [-0.2, 0) is 4.79 Å². The zero-order valence-electron chi connectivity index (χ0n) is 16.5. The molecule has 0 aliphatic carbocycles. The average Bonchev–Trinajstić information content (AvgIpc) is 3.20. The molecule has 0 bridgehead atoms. The minimum absolute atomic E-state index is 0.0352. The van der Waals surface area contributed by atoms with Crippen LogP contribution in [0, 0.1) is 16.0 Å². The molecule has 160 valence electrons. The molecule has 0 saturated heterocycles. The molecule has 3 rings (SSSR count). The smallest absolute Gasteiger partial charge is 0.270 e. The van der Waals surface area contributed by atoms with E-state index < -0.39 is 22.8 Å². The minimum Gasteiger partial charge on any atom is -0.340 e. The van der Waals surface area contributed by atoms with Gasteiger partial charge in [0, 0.05) is 29.2 Å². The maximum Gasteiger partial charge on any atom is 0.270 e. The van der Waals surface area contributed by atoms with Crippen molar-refractivity contribution in [2.75, 3.05) is 5.32 Å². The number of nitro benzene ring substituents is 1. The molecule has 0 radical (unpaired) electrons. The van der Waals surface area contributed by atoms with Crippen LogP contribution in [0.25, 0.3) is 11.4 Å². The number of rotatable bonds is 7. The lowest BCUT2D eigenvalue weighted by Crippen LogP contribution is -2.47. The Kier molecular flexibility index (Phi) is 6.93. The Balaban J connectivity index is 1.72. The summed E-state index contributed by atoms with van der Waals surface area (Å²) in [6.07, 6.45) is 0. The summed E-state index contributed by atoms with van der Waals surface area (Å²) >= 11 is 7.05. The van der Waals surface area contributed by atoms with E-state index in [-0.39, 0.29) is 22.2 Å². The summed E-state index contributed by atoms with van der Waals surface area (Å²) in [7, 11) is 0. The Bertz CT molecular complexity index is 1120. The summed E-state index contributed by atoms with van der Waals surface area (Å²) in [6, 6.07) is 12.0. The third-order valence-corrected chi connectivity index (χ3v) is 5.28. The quantitative estimate of drug-likeness (QED) is 0.403. The second-order valence-electron chi connectivity index (χ2n) is 6.89. The number of hydrogen-bond acceptors (Lipinski definition) is 7. The van der Waals surface area contributed by atoms with Crippen LogP contribution >= 0.6 is 23.1 Å². The maximum absolute atomic E-state index is 12.8. The first-order valence-corrected chi connectivity index (χ1v) is 10.4. The van der Waals surface area contributed by atoms with Crippen LogP contribution in [0.2, 0.25) is 5.02 Å². The summed E-state index contributed by atoms with van der Waals surface area (Å²) in [4.78, 5) is 40.0. The molecule has 9 nitrogen and oxygen atoms in total. The number of anilines is 1. The van der Waals surface area contributed by atoms with E-state index in [4.69, 9.17) is 11.6 Å². The van der Waals surface area contributed by atoms with Crippen LogP contribution in [0.3, 0.4) is 0 Å². The molecule has 1 unspecified atom stereocenters. The topological polar surface area (TPSA) is 127 Å². The molecule has 0 saturated carbocycles. The van der Waals surface area contributed by atoms with Crippen LogP contribution in [0.15, 0.2) is 48.5 Å². The van der Waals surface area contributed by atoms with E-state index in [9.17, 15) is 19.7 Å². The molecule has 0 spiro atoms. The Morgan fingerprint density at radius 2 is 1.87 bits per heavy atom. The van der Waals surface area contributed by atoms with Gasteiger partial charge in [-0.15, -0.1) is 0 Å². The van der Waals surface area contributed by atoms with Crippen LogP contribution in [0.5, 0.6) is 0 Å². The van der Waals surface area contributed by atoms with Gasteiger partial charge in [0.25, 0.3) is 11.6 Å². The highest BCUT2D eigenvalue weighted by atomic mass is 35.5. The van der Waals surface area contributed by atoms with E-state index in [0.29, 0.717) is 11.0 Å². The van der Waals surface area contributed by atoms with Gasteiger partial charge in [0.1, 0.15) is 6.04 Å². The van der Waals surface area contributed by atoms with Gasteiger partial charge in [0.15, 0.2) is 5.82 Å². The number of benzene rings is 2. The SMILES string of the molecule is CC(C)C(NC(=O)c1ccc([N+](=O)[O-])cc1Cl)C(=O)Nc1nc(-c2ccccc2)ns1. The highest BCUT2D eigenvalue weighted by Crippen LogP contribution is 2.24. The molecule has 0 aliphatic heterocycles. The maximum atomic E-state index is 12.8. The first-order valence-electron chi connectivity index (χ1n) is 9.21. The first-order chi connectivity index (χ1) is 14.8. The predicted octanol–water partition coefficient (Wildman–Crippen LogP) is 4.16. The number of nitro groups is 1. The Morgan fingerprint density at radius 1 is 1.16 bits per heavy atom. The highest BCUT2D eigenvalue weighted by Gasteiger charge is 2.27. The van der Waals surface area contributed by atoms with E-state index in [1.54, 1.807) is 13.8 Å². The molecule has 2 amide bonds. The molecule has 2 aromatic carbocycles. The Labute approximate surface area is 186 Å². The molecule has 0 fully saturated rings. The number of aromatic nitrogens is 2. The van der Waals surface area contributed by atoms with Crippen molar-refractivity contribution in [3.63, 3.8) is 0 Å². The van der Waals surface area contributed by atoms with Gasteiger partial charge >= 0.3 is 0 Å². The fourth-order valence-electron chi connectivity index (χ4n) is 2.72. The van der Waals surface area contributed by atoms with Crippen molar-refractivity contribution in [2.24, 2.45) is 5.92 Å². The zero-order chi connectivity index (χ0) is 22.5. The number of nitrogens with one attached hydrogen (secondary N) is 2. The van der Waals surface area contributed by atoms with Crippen LogP contribution in [0.4, 0.5) is 10.8 Å². The summed E-state index contributed by atoms with van der Waals surface area (Å²) in [5, 5.41) is 16.4. The first kappa shape index (κ1) is 22.3. The van der Waals surface area contributed by atoms with Crippen molar-refractivity contribution in [1.82, 2.24) is 14.7 Å². The standard InChI is InChI=1S/C20H18ClN5O4S/c1-11(2)16(22-18(27)14-9-8-13(26(29)30)10-15(14)21)19(28)24-20-23-17(25-31-20)12-6-4-3-5-7-12/h3-11,16H,1-2H3,(H,22,27)(H,23,24,25,28). The van der Waals surface area contributed by atoms with Gasteiger partial charge in [0.2, 0.25) is 11.0 Å². The summed E-state index contributed by atoms with van der Waals surface area (Å²) < 4.78 is 4.24.